The highest BCUT2D eigenvalue weighted by molar-refractivity contribution is 6.51. The van der Waals surface area contributed by atoms with Crippen molar-refractivity contribution < 1.29 is 28.6 Å². The van der Waals surface area contributed by atoms with Gasteiger partial charge in [0.25, 0.3) is 11.7 Å². The molecule has 1 amide bonds. The van der Waals surface area contributed by atoms with Crippen molar-refractivity contribution in [2.75, 3.05) is 18.1 Å². The van der Waals surface area contributed by atoms with Gasteiger partial charge in [0.1, 0.15) is 29.1 Å². The van der Waals surface area contributed by atoms with Gasteiger partial charge in [-0.3, -0.25) is 14.5 Å². The molecule has 7 nitrogen and oxygen atoms in total. The summed E-state index contributed by atoms with van der Waals surface area (Å²) in [6, 6.07) is 16.3. The molecule has 1 aliphatic heterocycles. The number of amides is 1. The van der Waals surface area contributed by atoms with Crippen molar-refractivity contribution in [1.82, 2.24) is 0 Å². The van der Waals surface area contributed by atoms with Gasteiger partial charge in [-0.1, -0.05) is 32.8 Å². The zero-order chi connectivity index (χ0) is 25.5. The molecule has 1 aliphatic rings. The molecule has 0 radical (unpaired) electrons. The monoisotopic (exact) mass is 489 g/mol. The highest BCUT2D eigenvalue weighted by atomic mass is 16.5. The highest BCUT2D eigenvalue weighted by Gasteiger charge is 2.48. The first-order chi connectivity index (χ1) is 17.5. The Morgan fingerprint density at radius 3 is 2.39 bits per heavy atom. The van der Waals surface area contributed by atoms with Gasteiger partial charge >= 0.3 is 0 Å². The van der Waals surface area contributed by atoms with E-state index in [1.165, 1.54) is 11.2 Å². The van der Waals surface area contributed by atoms with Gasteiger partial charge in [0.05, 0.1) is 25.1 Å². The predicted octanol–water partition coefficient (Wildman–Crippen LogP) is 6.26. The number of furan rings is 1. The number of benzene rings is 2. The van der Waals surface area contributed by atoms with Gasteiger partial charge in [-0.05, 0) is 61.4 Å². The number of rotatable bonds is 11. The van der Waals surface area contributed by atoms with E-state index >= 15 is 0 Å². The second-order valence-electron chi connectivity index (χ2n) is 8.61. The number of Topliss-reactive ketones (excluding diaryl/α,β-unsaturated/α-hetero) is 1. The molecule has 4 rings (SSSR count). The number of unbranched alkanes of at least 4 members (excludes halogenated alkanes) is 2. The Bertz CT molecular complexity index is 1210. The molecule has 36 heavy (non-hydrogen) atoms. The van der Waals surface area contributed by atoms with E-state index in [0.29, 0.717) is 41.7 Å². The van der Waals surface area contributed by atoms with E-state index in [0.717, 1.165) is 25.7 Å². The van der Waals surface area contributed by atoms with Crippen LogP contribution in [0.25, 0.3) is 5.76 Å². The lowest BCUT2D eigenvalue weighted by Gasteiger charge is -2.23. The molecule has 0 spiro atoms. The molecule has 1 fully saturated rings. The van der Waals surface area contributed by atoms with Crippen LogP contribution in [0.4, 0.5) is 5.69 Å². The summed E-state index contributed by atoms with van der Waals surface area (Å²) in [7, 11) is 0. The molecular weight excluding hydrogens is 458 g/mol. The molecule has 0 bridgehead atoms. The zero-order valence-corrected chi connectivity index (χ0v) is 20.6. The third-order valence-electron chi connectivity index (χ3n) is 5.97. The second kappa shape index (κ2) is 11.6. The van der Waals surface area contributed by atoms with Gasteiger partial charge in [-0.2, -0.15) is 0 Å². The van der Waals surface area contributed by atoms with Crippen LogP contribution in [0.3, 0.4) is 0 Å². The topological polar surface area (TPSA) is 89.2 Å². The fourth-order valence-electron chi connectivity index (χ4n) is 4.16. The van der Waals surface area contributed by atoms with Gasteiger partial charge in [-0.15, -0.1) is 0 Å². The van der Waals surface area contributed by atoms with E-state index in [-0.39, 0.29) is 11.3 Å². The van der Waals surface area contributed by atoms with Gasteiger partial charge in [0.2, 0.25) is 0 Å². The predicted molar refractivity (Wildman–Crippen MR) is 137 cm³/mol. The van der Waals surface area contributed by atoms with Gasteiger partial charge < -0.3 is 19.0 Å². The molecule has 0 aliphatic carbocycles. The maximum atomic E-state index is 13.2. The number of hydrogen-bond acceptors (Lipinski definition) is 6. The molecule has 1 unspecified atom stereocenters. The van der Waals surface area contributed by atoms with Crippen LogP contribution in [-0.4, -0.2) is 30.0 Å². The van der Waals surface area contributed by atoms with Crippen molar-refractivity contribution in [3.8, 4) is 11.5 Å². The minimum Gasteiger partial charge on any atom is -0.507 e. The van der Waals surface area contributed by atoms with Crippen LogP contribution < -0.4 is 14.4 Å². The Balaban J connectivity index is 1.69. The van der Waals surface area contributed by atoms with Crippen molar-refractivity contribution in [1.29, 1.82) is 0 Å². The average molecular weight is 490 g/mol. The molecule has 1 N–H and O–H groups in total. The maximum Gasteiger partial charge on any atom is 0.300 e. The third kappa shape index (κ3) is 5.30. The highest BCUT2D eigenvalue weighted by Crippen LogP contribution is 2.43. The molecule has 7 heteroatoms. The van der Waals surface area contributed by atoms with Crippen LogP contribution in [-0.2, 0) is 9.59 Å². The van der Waals surface area contributed by atoms with Crippen molar-refractivity contribution in [3.63, 3.8) is 0 Å². The smallest absolute Gasteiger partial charge is 0.300 e. The molecule has 0 saturated carbocycles. The molecule has 3 aromatic rings. The summed E-state index contributed by atoms with van der Waals surface area (Å²) in [4.78, 5) is 27.8. The van der Waals surface area contributed by atoms with Gasteiger partial charge in [0.15, 0.2) is 0 Å². The second-order valence-corrected chi connectivity index (χ2v) is 8.61. The standard InChI is InChI=1S/C29H31NO6/c1-3-5-6-17-35-22-14-12-20(13-15-22)27(31)25-26(24-11-8-18-36-24)30(29(33)28(25)32)21-9-7-10-23(19-21)34-16-4-2/h7-15,18-19,26,31H,3-6,16-17H2,1-2H3/b27-25-. The number of anilines is 1. The minimum absolute atomic E-state index is 0.0357. The average Bonchev–Trinajstić information content (AvgIpc) is 3.52. The number of aliphatic hydroxyl groups excluding tert-OH is 1. The Hall–Kier alpha value is -4.00. The van der Waals surface area contributed by atoms with Crippen LogP contribution in [0.2, 0.25) is 0 Å². The van der Waals surface area contributed by atoms with Crippen molar-refractivity contribution in [2.45, 2.75) is 45.6 Å². The van der Waals surface area contributed by atoms with Crippen LogP contribution in [0.5, 0.6) is 11.5 Å². The largest absolute Gasteiger partial charge is 0.507 e. The molecule has 2 heterocycles. The van der Waals surface area contributed by atoms with E-state index in [9.17, 15) is 14.7 Å². The van der Waals surface area contributed by atoms with E-state index in [1.54, 1.807) is 60.7 Å². The summed E-state index contributed by atoms with van der Waals surface area (Å²) >= 11 is 0. The molecule has 188 valence electrons. The summed E-state index contributed by atoms with van der Waals surface area (Å²) in [5.41, 5.74) is 0.846. The Morgan fingerprint density at radius 2 is 1.69 bits per heavy atom. The zero-order valence-electron chi connectivity index (χ0n) is 20.6. The van der Waals surface area contributed by atoms with E-state index in [4.69, 9.17) is 13.9 Å². The lowest BCUT2D eigenvalue weighted by molar-refractivity contribution is -0.132. The molecule has 1 atom stereocenters. The van der Waals surface area contributed by atoms with E-state index in [2.05, 4.69) is 6.92 Å². The quantitative estimate of drug-likeness (QED) is 0.148. The SMILES string of the molecule is CCCCCOc1ccc(/C(O)=C2/C(=O)C(=O)N(c3cccc(OCCC)c3)C2c2ccco2)cc1. The number of hydrogen-bond donors (Lipinski definition) is 1. The number of carbonyl (C=O) groups is 2. The molecule has 1 aromatic heterocycles. The maximum absolute atomic E-state index is 13.2. The molecular formula is C29H31NO6. The molecule has 2 aromatic carbocycles. The number of ether oxygens (including phenoxy) is 2. The number of nitrogens with zero attached hydrogens (tertiary/aromatic N) is 1. The lowest BCUT2D eigenvalue weighted by atomic mass is 9.99. The minimum atomic E-state index is -0.925. The lowest BCUT2D eigenvalue weighted by Crippen LogP contribution is -2.29. The van der Waals surface area contributed by atoms with E-state index < -0.39 is 17.7 Å². The van der Waals surface area contributed by atoms with Crippen LogP contribution in [0.1, 0.15) is 56.9 Å². The van der Waals surface area contributed by atoms with Crippen LogP contribution in [0, 0.1) is 0 Å². The van der Waals surface area contributed by atoms with Gasteiger partial charge in [0, 0.05) is 17.3 Å². The summed E-state index contributed by atoms with van der Waals surface area (Å²) in [6.45, 7) is 5.28. The summed E-state index contributed by atoms with van der Waals surface area (Å²) < 4.78 is 17.1. The van der Waals surface area contributed by atoms with E-state index in [1.807, 2.05) is 6.92 Å². The number of carbonyl (C=O) groups excluding carboxylic acids is 2. The first-order valence-electron chi connectivity index (χ1n) is 12.4. The first-order valence-corrected chi connectivity index (χ1v) is 12.4. The third-order valence-corrected chi connectivity index (χ3v) is 5.97. The fourth-order valence-corrected chi connectivity index (χ4v) is 4.16. The Labute approximate surface area is 210 Å². The Kier molecular flexibility index (Phi) is 8.10. The molecule has 1 saturated heterocycles. The first kappa shape index (κ1) is 25.1. The van der Waals surface area contributed by atoms with Gasteiger partial charge in [-0.25, -0.2) is 0 Å². The summed E-state index contributed by atoms with van der Waals surface area (Å²) in [5.74, 6) is -0.173. The fraction of sp³-hybridized carbons (Fsp3) is 0.310. The number of ketones is 1. The normalized spacial score (nSPS) is 16.9. The number of aliphatic hydroxyl groups is 1. The van der Waals surface area contributed by atoms with Crippen LogP contribution >= 0.6 is 0 Å². The summed E-state index contributed by atoms with van der Waals surface area (Å²) in [6.07, 6.45) is 5.49. The van der Waals surface area contributed by atoms with Crippen molar-refractivity contribution >= 4 is 23.1 Å². The van der Waals surface area contributed by atoms with Crippen LogP contribution in [0.15, 0.2) is 76.9 Å². The van der Waals surface area contributed by atoms with Crippen molar-refractivity contribution in [3.05, 3.63) is 83.8 Å². The Morgan fingerprint density at radius 1 is 0.917 bits per heavy atom. The summed E-state index contributed by atoms with van der Waals surface area (Å²) in [5, 5.41) is 11.2. The van der Waals surface area contributed by atoms with Crippen molar-refractivity contribution in [2.24, 2.45) is 0 Å².